The zero-order valence-electron chi connectivity index (χ0n) is 14.9. The van der Waals surface area contributed by atoms with Crippen molar-refractivity contribution in [1.82, 2.24) is 0 Å². The Balaban J connectivity index is 5.31. The van der Waals surface area contributed by atoms with Gasteiger partial charge in [-0.05, 0) is 18.3 Å². The number of unbranched alkanes of at least 4 members (excludes halogenated alkanes) is 5. The van der Waals surface area contributed by atoms with E-state index in [0.717, 1.165) is 32.1 Å². The first-order chi connectivity index (χ1) is 10.5. The average molecular weight is 421 g/mol. The van der Waals surface area contributed by atoms with E-state index in [2.05, 4.69) is 26.8 Å². The van der Waals surface area contributed by atoms with Crippen LogP contribution in [0.25, 0.3) is 0 Å². The molecule has 0 aliphatic rings. The molecule has 1 atom stereocenters. The summed E-state index contributed by atoms with van der Waals surface area (Å²) < 4.78 is 46.1. The lowest BCUT2D eigenvalue weighted by molar-refractivity contribution is -0.125. The Labute approximate surface area is 148 Å². The molecule has 0 bridgehead atoms. The van der Waals surface area contributed by atoms with Crippen molar-refractivity contribution in [2.24, 2.45) is 17.3 Å². The standard InChI is InChI=1S/C16H32BrF2O3P/c1-6-7-8-9-10-11-12-15(13(2)3,14(4)5)16(18,19)23(20,21)22-17/h13-14H,6-12H2,1-5H3,(H,20,21). The largest absolute Gasteiger partial charge is 0.408 e. The summed E-state index contributed by atoms with van der Waals surface area (Å²) in [4.78, 5) is 9.69. The summed E-state index contributed by atoms with van der Waals surface area (Å²) in [5.41, 5.74) is -5.38. The first-order valence-corrected chi connectivity index (χ1v) is 10.7. The van der Waals surface area contributed by atoms with E-state index in [4.69, 9.17) is 0 Å². The minimum absolute atomic E-state index is 0.211. The van der Waals surface area contributed by atoms with Gasteiger partial charge in [-0.1, -0.05) is 73.1 Å². The molecule has 0 radical (unpaired) electrons. The summed E-state index contributed by atoms with van der Waals surface area (Å²) in [5, 5.41) is 0. The van der Waals surface area contributed by atoms with E-state index in [9.17, 15) is 18.2 Å². The highest BCUT2D eigenvalue weighted by Gasteiger charge is 2.67. The molecule has 0 aromatic rings. The molecule has 7 heteroatoms. The normalized spacial score (nSPS) is 16.1. The second-order valence-electron chi connectivity index (χ2n) is 7.00. The van der Waals surface area contributed by atoms with E-state index >= 15 is 0 Å². The molecule has 0 aromatic heterocycles. The predicted molar refractivity (Wildman–Crippen MR) is 94.9 cm³/mol. The highest BCUT2D eigenvalue weighted by Crippen LogP contribution is 2.70. The summed E-state index contributed by atoms with van der Waals surface area (Å²) in [5.74, 6) is -0.896. The van der Waals surface area contributed by atoms with Crippen LogP contribution in [-0.2, 0) is 8.18 Å². The Bertz CT molecular complexity index is 382. The van der Waals surface area contributed by atoms with E-state index < -0.39 is 30.5 Å². The Morgan fingerprint density at radius 1 is 1.04 bits per heavy atom. The molecule has 0 aliphatic heterocycles. The van der Waals surface area contributed by atoms with E-state index in [-0.39, 0.29) is 6.42 Å². The third-order valence-electron chi connectivity index (χ3n) is 5.01. The number of hydrogen-bond acceptors (Lipinski definition) is 2. The minimum Gasteiger partial charge on any atom is -0.320 e. The summed E-state index contributed by atoms with van der Waals surface area (Å²) in [6.07, 6.45) is 6.10. The highest BCUT2D eigenvalue weighted by atomic mass is 79.9. The van der Waals surface area contributed by atoms with Gasteiger partial charge in [0.25, 0.3) is 0 Å². The van der Waals surface area contributed by atoms with Crippen LogP contribution >= 0.6 is 23.9 Å². The quantitative estimate of drug-likeness (QED) is 0.269. The number of alkyl halides is 2. The van der Waals surface area contributed by atoms with Crippen molar-refractivity contribution in [3.8, 4) is 0 Å². The molecule has 0 heterocycles. The van der Waals surface area contributed by atoms with Crippen molar-refractivity contribution < 1.29 is 21.9 Å². The van der Waals surface area contributed by atoms with Crippen LogP contribution in [-0.4, -0.2) is 10.6 Å². The van der Waals surface area contributed by atoms with Gasteiger partial charge < -0.3 is 4.89 Å². The fourth-order valence-electron chi connectivity index (χ4n) is 3.59. The Hall–Kier alpha value is 0.490. The summed E-state index contributed by atoms with van der Waals surface area (Å²) >= 11 is 2.31. The number of hydrogen-bond donors (Lipinski definition) is 1. The van der Waals surface area contributed by atoms with Gasteiger partial charge in [-0.2, -0.15) is 8.78 Å². The molecule has 23 heavy (non-hydrogen) atoms. The van der Waals surface area contributed by atoms with Crippen molar-refractivity contribution in [2.45, 2.75) is 85.2 Å². The lowest BCUT2D eigenvalue weighted by Crippen LogP contribution is -2.49. The van der Waals surface area contributed by atoms with Gasteiger partial charge in [0.15, 0.2) is 0 Å². The topological polar surface area (TPSA) is 46.5 Å². The van der Waals surface area contributed by atoms with Gasteiger partial charge in [-0.15, -0.1) is 0 Å². The molecule has 0 saturated carbocycles. The van der Waals surface area contributed by atoms with Crippen LogP contribution in [0.3, 0.4) is 0 Å². The molecular formula is C16H32BrF2O3P. The van der Waals surface area contributed by atoms with Crippen LogP contribution in [0.5, 0.6) is 0 Å². The van der Waals surface area contributed by atoms with Crippen molar-refractivity contribution in [3.63, 3.8) is 0 Å². The lowest BCUT2D eigenvalue weighted by Gasteiger charge is -2.47. The molecule has 0 aliphatic carbocycles. The van der Waals surface area contributed by atoms with Crippen molar-refractivity contribution >= 4 is 23.9 Å². The summed E-state index contributed by atoms with van der Waals surface area (Å²) in [6, 6.07) is 0. The van der Waals surface area contributed by atoms with Gasteiger partial charge in [0.1, 0.15) is 16.3 Å². The summed E-state index contributed by atoms with van der Waals surface area (Å²) in [6.45, 7) is 8.90. The van der Waals surface area contributed by atoms with E-state index in [1.54, 1.807) is 27.7 Å². The predicted octanol–water partition coefficient (Wildman–Crippen LogP) is 7.14. The molecule has 3 nitrogen and oxygen atoms in total. The minimum atomic E-state index is -5.09. The van der Waals surface area contributed by atoms with E-state index in [1.165, 1.54) is 0 Å². The fourth-order valence-corrected chi connectivity index (χ4v) is 5.38. The van der Waals surface area contributed by atoms with Gasteiger partial charge in [-0.3, -0.25) is 4.57 Å². The lowest BCUT2D eigenvalue weighted by atomic mass is 9.66. The Morgan fingerprint density at radius 3 is 1.87 bits per heavy atom. The smallest absolute Gasteiger partial charge is 0.320 e. The van der Waals surface area contributed by atoms with Crippen molar-refractivity contribution in [1.29, 1.82) is 0 Å². The average Bonchev–Trinajstić information content (AvgIpc) is 2.45. The molecule has 1 N–H and O–H groups in total. The van der Waals surface area contributed by atoms with Gasteiger partial charge in [0, 0.05) is 0 Å². The van der Waals surface area contributed by atoms with Gasteiger partial charge >= 0.3 is 13.3 Å². The molecule has 140 valence electrons. The molecule has 1 unspecified atom stereocenters. The van der Waals surface area contributed by atoms with E-state index in [0.29, 0.717) is 6.42 Å². The summed E-state index contributed by atoms with van der Waals surface area (Å²) in [7, 11) is -5.09. The number of halogens is 3. The third-order valence-corrected chi connectivity index (χ3v) is 7.50. The van der Waals surface area contributed by atoms with Crippen LogP contribution < -0.4 is 0 Å². The zero-order valence-corrected chi connectivity index (χ0v) is 17.4. The first-order valence-electron chi connectivity index (χ1n) is 8.52. The second-order valence-corrected chi connectivity index (χ2v) is 9.61. The maximum Gasteiger partial charge on any atom is 0.408 e. The molecule has 0 spiro atoms. The first kappa shape index (κ1) is 23.5. The van der Waals surface area contributed by atoms with Crippen LogP contribution in [0.15, 0.2) is 0 Å². The van der Waals surface area contributed by atoms with E-state index in [1.807, 2.05) is 0 Å². The van der Waals surface area contributed by atoms with Gasteiger partial charge in [-0.25, -0.2) is 3.62 Å². The van der Waals surface area contributed by atoms with Crippen LogP contribution in [0, 0.1) is 17.3 Å². The zero-order chi connectivity index (χ0) is 18.3. The Kier molecular flexibility index (Phi) is 10.0. The number of rotatable bonds is 12. The second kappa shape index (κ2) is 9.84. The highest BCUT2D eigenvalue weighted by molar-refractivity contribution is 9.06. The van der Waals surface area contributed by atoms with Crippen LogP contribution in [0.2, 0.25) is 0 Å². The third kappa shape index (κ3) is 5.23. The van der Waals surface area contributed by atoms with Crippen LogP contribution in [0.1, 0.15) is 79.6 Å². The van der Waals surface area contributed by atoms with Crippen molar-refractivity contribution in [3.05, 3.63) is 0 Å². The molecule has 0 rings (SSSR count). The maximum atomic E-state index is 15.0. The monoisotopic (exact) mass is 420 g/mol. The van der Waals surface area contributed by atoms with Gasteiger partial charge in [0.05, 0.1) is 5.41 Å². The SMILES string of the molecule is CCCCCCCCC(C(C)C)(C(C)C)C(F)(F)P(=O)(O)OBr. The Morgan fingerprint density at radius 2 is 1.48 bits per heavy atom. The molecule has 0 aromatic carbocycles. The molecule has 0 fully saturated rings. The van der Waals surface area contributed by atoms with Gasteiger partial charge in [0.2, 0.25) is 0 Å². The maximum absolute atomic E-state index is 15.0. The molecular weight excluding hydrogens is 389 g/mol. The molecule has 0 saturated heterocycles. The van der Waals surface area contributed by atoms with Crippen LogP contribution in [0.4, 0.5) is 8.78 Å². The molecule has 0 amide bonds. The van der Waals surface area contributed by atoms with Crippen molar-refractivity contribution in [2.75, 3.05) is 0 Å². The fraction of sp³-hybridized carbons (Fsp3) is 1.00.